The van der Waals surface area contributed by atoms with Crippen LogP contribution in [0.5, 0.6) is 0 Å². The lowest BCUT2D eigenvalue weighted by molar-refractivity contribution is -0.120. The number of nitrogens with zero attached hydrogens (tertiary/aromatic N) is 6. The Morgan fingerprint density at radius 1 is 1.24 bits per heavy atom. The minimum absolute atomic E-state index is 0.104. The Labute approximate surface area is 241 Å². The van der Waals surface area contributed by atoms with Gasteiger partial charge in [-0.15, -0.1) is 0 Å². The van der Waals surface area contributed by atoms with E-state index < -0.39 is 5.92 Å². The fraction of sp³-hybridized carbons (Fsp3) is 0.484. The zero-order valence-electron chi connectivity index (χ0n) is 25.1. The van der Waals surface area contributed by atoms with Crippen molar-refractivity contribution in [3.8, 4) is 11.3 Å². The van der Waals surface area contributed by atoms with Crippen LogP contribution in [-0.2, 0) is 16.6 Å². The fourth-order valence-corrected chi connectivity index (χ4v) is 6.26. The van der Waals surface area contributed by atoms with E-state index in [0.717, 1.165) is 59.5 Å². The number of hydrogen-bond donors (Lipinski definition) is 1. The van der Waals surface area contributed by atoms with Crippen LogP contribution >= 0.6 is 0 Å². The molecule has 2 amide bonds. The molecule has 1 N–H and O–H groups in total. The van der Waals surface area contributed by atoms with E-state index in [1.165, 1.54) is 7.11 Å². The quantitative estimate of drug-likeness (QED) is 0.475. The van der Waals surface area contributed by atoms with Crippen molar-refractivity contribution < 1.29 is 14.3 Å². The van der Waals surface area contributed by atoms with E-state index in [4.69, 9.17) is 4.74 Å². The van der Waals surface area contributed by atoms with Crippen molar-refractivity contribution in [2.45, 2.75) is 45.7 Å². The first-order valence-corrected chi connectivity index (χ1v) is 14.2. The highest BCUT2D eigenvalue weighted by molar-refractivity contribution is 6.03. The summed E-state index contributed by atoms with van der Waals surface area (Å²) in [7, 11) is 7.77. The maximum Gasteiger partial charge on any atom is 0.257 e. The molecule has 0 spiro atoms. The van der Waals surface area contributed by atoms with Crippen LogP contribution in [0, 0.1) is 12.8 Å². The minimum atomic E-state index is -0.517. The number of methoxy groups -OCH3 is 1. The summed E-state index contributed by atoms with van der Waals surface area (Å²) in [6.07, 6.45) is 9.71. The zero-order valence-corrected chi connectivity index (χ0v) is 25.1. The molecule has 3 aromatic heterocycles. The van der Waals surface area contributed by atoms with Gasteiger partial charge in [0.15, 0.2) is 0 Å². The molecule has 2 aliphatic rings. The number of aryl methyl sites for hydroxylation is 1. The zero-order chi connectivity index (χ0) is 29.4. The average molecular weight is 560 g/mol. The number of fused-ring (bicyclic) bond motifs is 1. The second-order valence-corrected chi connectivity index (χ2v) is 11.5. The van der Waals surface area contributed by atoms with Gasteiger partial charge in [-0.3, -0.25) is 14.5 Å². The van der Waals surface area contributed by atoms with Crippen LogP contribution in [-0.4, -0.2) is 88.3 Å². The van der Waals surface area contributed by atoms with E-state index in [1.807, 2.05) is 37.7 Å². The molecule has 10 nitrogen and oxygen atoms in total. The number of amides is 2. The number of piperidine rings is 1. The van der Waals surface area contributed by atoms with Gasteiger partial charge in [0.25, 0.3) is 11.8 Å². The predicted molar refractivity (Wildman–Crippen MR) is 160 cm³/mol. The summed E-state index contributed by atoms with van der Waals surface area (Å²) in [6, 6.07) is 4.76. The molecule has 0 aliphatic carbocycles. The van der Waals surface area contributed by atoms with Gasteiger partial charge in [0.05, 0.1) is 36.8 Å². The molecular weight excluding hydrogens is 518 g/mol. The summed E-state index contributed by atoms with van der Waals surface area (Å²) < 4.78 is 9.35. The largest absolute Gasteiger partial charge is 0.481 e. The number of likely N-dealkylation sites (tertiary alicyclic amines) is 1. The van der Waals surface area contributed by atoms with Gasteiger partial charge in [-0.2, -0.15) is 4.99 Å². The summed E-state index contributed by atoms with van der Waals surface area (Å²) in [5.41, 5.74) is 6.41. The number of carbonyl (C=O) groups excluding carboxylic acids is 2. The summed E-state index contributed by atoms with van der Waals surface area (Å²) in [5, 5.41) is 3.03. The van der Waals surface area contributed by atoms with Gasteiger partial charge in [-0.25, -0.2) is 4.98 Å². The molecule has 0 bridgehead atoms. The van der Waals surface area contributed by atoms with Gasteiger partial charge in [-0.05, 0) is 65.4 Å². The number of nitrogens with one attached hydrogen (secondary N) is 1. The first kappa shape index (κ1) is 28.8. The molecule has 2 aliphatic heterocycles. The van der Waals surface area contributed by atoms with E-state index in [9.17, 15) is 9.59 Å². The molecule has 5 heterocycles. The molecule has 1 fully saturated rings. The van der Waals surface area contributed by atoms with Crippen molar-refractivity contribution in [1.29, 1.82) is 0 Å². The lowest BCUT2D eigenvalue weighted by atomic mass is 9.96. The molecule has 218 valence electrons. The van der Waals surface area contributed by atoms with E-state index in [0.29, 0.717) is 17.5 Å². The first-order chi connectivity index (χ1) is 19.6. The van der Waals surface area contributed by atoms with Gasteiger partial charge in [0.1, 0.15) is 0 Å². The Hall–Kier alpha value is -3.76. The summed E-state index contributed by atoms with van der Waals surface area (Å²) in [4.78, 5) is 39.6. The number of dihydropyridines is 1. The van der Waals surface area contributed by atoms with Crippen LogP contribution in [0.15, 0.2) is 47.5 Å². The highest BCUT2D eigenvalue weighted by Gasteiger charge is 2.30. The third-order valence-corrected chi connectivity index (χ3v) is 8.86. The maximum absolute atomic E-state index is 13.8. The Kier molecular flexibility index (Phi) is 8.15. The van der Waals surface area contributed by atoms with E-state index >= 15 is 0 Å². The highest BCUT2D eigenvalue weighted by Crippen LogP contribution is 2.34. The molecule has 1 saturated heterocycles. The Balaban J connectivity index is 1.50. The fourth-order valence-electron chi connectivity index (χ4n) is 6.26. The summed E-state index contributed by atoms with van der Waals surface area (Å²) in [6.45, 7) is 8.29. The van der Waals surface area contributed by atoms with Crippen molar-refractivity contribution in [1.82, 2.24) is 29.1 Å². The number of hydrogen-bond acceptors (Lipinski definition) is 6. The monoisotopic (exact) mass is 559 g/mol. The smallest absolute Gasteiger partial charge is 0.257 e. The third-order valence-electron chi connectivity index (χ3n) is 8.86. The van der Waals surface area contributed by atoms with Crippen molar-refractivity contribution in [2.24, 2.45) is 18.0 Å². The van der Waals surface area contributed by atoms with Crippen molar-refractivity contribution >= 4 is 23.2 Å². The standard InChI is InChI=1S/C31H41N7O3/c1-19-14-28(41-7)34-31(40)25(19)16-33-30(39)24-15-26-23(27-17-32-18-36(27)6)10-13-38(26)29(20(24)2)21(3)37-11-8-22(9-12-37)35(4)5/h10,13-15,17-18,21-22,25H,8-9,11-12,16H2,1-7H3,(H,33,39). The van der Waals surface area contributed by atoms with Crippen LogP contribution in [0.4, 0.5) is 0 Å². The third kappa shape index (κ3) is 5.46. The van der Waals surface area contributed by atoms with Crippen LogP contribution in [0.3, 0.4) is 0 Å². The maximum atomic E-state index is 13.8. The normalized spacial score (nSPS) is 19.4. The van der Waals surface area contributed by atoms with E-state index in [2.05, 4.69) is 62.8 Å². The molecule has 10 heteroatoms. The van der Waals surface area contributed by atoms with E-state index in [1.54, 1.807) is 12.4 Å². The SMILES string of the molecule is COC1=NC(=O)C(CNC(=O)c2cc3c(-c4cncn4C)ccn3c(C(C)N3CCC(N(C)C)CC3)c2C)C(C)=C1. The molecule has 0 aromatic carbocycles. The summed E-state index contributed by atoms with van der Waals surface area (Å²) in [5.74, 6) is -0.740. The Morgan fingerprint density at radius 3 is 2.59 bits per heavy atom. The average Bonchev–Trinajstić information content (AvgIpc) is 3.56. The minimum Gasteiger partial charge on any atom is -0.481 e. The number of carbonyl (C=O) groups is 2. The van der Waals surface area contributed by atoms with Crippen LogP contribution in [0.25, 0.3) is 16.8 Å². The topological polar surface area (TPSA) is 96.5 Å². The molecule has 41 heavy (non-hydrogen) atoms. The van der Waals surface area contributed by atoms with Crippen LogP contribution < -0.4 is 5.32 Å². The van der Waals surface area contributed by atoms with Gasteiger partial charge < -0.3 is 23.9 Å². The van der Waals surface area contributed by atoms with Crippen molar-refractivity contribution in [3.05, 3.63) is 59.3 Å². The highest BCUT2D eigenvalue weighted by atomic mass is 16.5. The second-order valence-electron chi connectivity index (χ2n) is 11.5. The predicted octanol–water partition coefficient (Wildman–Crippen LogP) is 3.61. The van der Waals surface area contributed by atoms with Crippen molar-refractivity contribution in [3.63, 3.8) is 0 Å². The molecule has 2 atom stereocenters. The number of imidazole rings is 1. The Morgan fingerprint density at radius 2 is 1.98 bits per heavy atom. The van der Waals surface area contributed by atoms with Gasteiger partial charge in [-0.1, -0.05) is 5.57 Å². The lowest BCUT2D eigenvalue weighted by Gasteiger charge is -2.39. The molecule has 0 saturated carbocycles. The van der Waals surface area contributed by atoms with Crippen molar-refractivity contribution in [2.75, 3.05) is 40.8 Å². The molecule has 3 aromatic rings. The van der Waals surface area contributed by atoms with Gasteiger partial charge in [0.2, 0.25) is 5.90 Å². The van der Waals surface area contributed by atoms with Gasteiger partial charge >= 0.3 is 0 Å². The summed E-state index contributed by atoms with van der Waals surface area (Å²) >= 11 is 0. The number of ether oxygens (including phenoxy) is 1. The molecule has 5 rings (SSSR count). The van der Waals surface area contributed by atoms with Crippen LogP contribution in [0.2, 0.25) is 0 Å². The number of pyridine rings is 1. The number of rotatable bonds is 7. The molecular formula is C31H41N7O3. The van der Waals surface area contributed by atoms with Gasteiger partial charge in [0, 0.05) is 67.9 Å². The second kappa shape index (κ2) is 11.6. The first-order valence-electron chi connectivity index (χ1n) is 14.2. The lowest BCUT2D eigenvalue weighted by Crippen LogP contribution is -2.43. The molecule has 2 unspecified atom stereocenters. The number of aromatic nitrogens is 3. The Bertz CT molecular complexity index is 1520. The van der Waals surface area contributed by atoms with Crippen LogP contribution in [0.1, 0.15) is 54.3 Å². The number of aliphatic imine (C=N–C) groups is 1. The van der Waals surface area contributed by atoms with E-state index in [-0.39, 0.29) is 24.4 Å². The molecule has 0 radical (unpaired) electrons.